The molecular weight excluding hydrogens is 752 g/mol. The van der Waals surface area contributed by atoms with Crippen molar-refractivity contribution >= 4 is 137 Å². The number of hydrogen-bond donors (Lipinski definition) is 0. The van der Waals surface area contributed by atoms with Crippen LogP contribution in [-0.2, 0) is 0 Å². The van der Waals surface area contributed by atoms with Crippen molar-refractivity contribution in [3.63, 3.8) is 0 Å². The smallest absolute Gasteiger partial charge is 0.141 e. The van der Waals surface area contributed by atoms with Crippen LogP contribution in [0.4, 0.5) is 0 Å². The molecule has 0 aliphatic heterocycles. The molecule has 0 atom stereocenters. The molecule has 0 unspecified atom stereocenters. The molecule has 9 aromatic carbocycles. The Bertz CT molecular complexity index is 3560. The van der Waals surface area contributed by atoms with Crippen molar-refractivity contribution in [1.29, 1.82) is 0 Å². The van der Waals surface area contributed by atoms with E-state index in [1.807, 2.05) is 0 Å². The first-order valence-corrected chi connectivity index (χ1v) is 22.2. The van der Waals surface area contributed by atoms with Crippen LogP contribution in [0.1, 0.15) is 0 Å². The third-order valence-electron chi connectivity index (χ3n) is 14.2. The van der Waals surface area contributed by atoms with Crippen LogP contribution in [0.2, 0.25) is 0 Å². The summed E-state index contributed by atoms with van der Waals surface area (Å²) in [5.41, 5.74) is 26.6. The van der Waals surface area contributed by atoms with E-state index >= 15 is 0 Å². The van der Waals surface area contributed by atoms with Crippen LogP contribution in [0.3, 0.4) is 0 Å². The molecule has 0 N–H and O–H groups in total. The zero-order valence-corrected chi connectivity index (χ0v) is 37.1. The average Bonchev–Trinajstić information content (AvgIpc) is 3.87. The van der Waals surface area contributed by atoms with Crippen LogP contribution < -0.4 is 38.2 Å². The molecule has 11 aromatic rings. The minimum absolute atomic E-state index is 1.16. The van der Waals surface area contributed by atoms with Crippen LogP contribution in [0.5, 0.6) is 0 Å². The zero-order valence-electron chi connectivity index (χ0n) is 37.1. The lowest BCUT2D eigenvalue weighted by Gasteiger charge is -2.20. The van der Waals surface area contributed by atoms with Crippen molar-refractivity contribution < 1.29 is 0 Å². The Morgan fingerprint density at radius 3 is 1.41 bits per heavy atom. The van der Waals surface area contributed by atoms with E-state index in [4.69, 9.17) is 0 Å². The van der Waals surface area contributed by atoms with Gasteiger partial charge in [-0.2, -0.15) is 0 Å². The van der Waals surface area contributed by atoms with Crippen molar-refractivity contribution in [1.82, 2.24) is 9.13 Å². The standard InChI is InChI=1S/C54H43B7N2/c55-46-42(33-24-25-40-39(29-33)43-38(32-18-9-3-10-19-32)22-13-23-41(43)62(40)36-20-11-4-12-21-36)47(56)51(60)53-44(46)45-48(57)49(58)50(59)52(61)54(45)63(53)37-27-34(30-14-5-1-6-15-30)26-35(28-37)31-16-7-2-8-17-31/h1-29H,55-61H2. The predicted molar refractivity (Wildman–Crippen MR) is 294 cm³/mol. The highest BCUT2D eigenvalue weighted by atomic mass is 15.0. The molecular formula is C54H43B7N2. The van der Waals surface area contributed by atoms with E-state index in [1.165, 1.54) is 132 Å². The number of aromatic nitrogens is 2. The van der Waals surface area contributed by atoms with Gasteiger partial charge in [0.25, 0.3) is 0 Å². The Balaban J connectivity index is 1.24. The first kappa shape index (κ1) is 38.9. The van der Waals surface area contributed by atoms with Crippen LogP contribution >= 0.6 is 0 Å². The molecule has 0 bridgehead atoms. The fourth-order valence-electron chi connectivity index (χ4n) is 10.7. The molecule has 2 aromatic heterocycles. The fourth-order valence-corrected chi connectivity index (χ4v) is 10.7. The van der Waals surface area contributed by atoms with Gasteiger partial charge in [-0.25, -0.2) is 0 Å². The Kier molecular flexibility index (Phi) is 9.35. The summed E-state index contributed by atoms with van der Waals surface area (Å²) in [6, 6.07) is 64.5. The van der Waals surface area contributed by atoms with E-state index in [-0.39, 0.29) is 0 Å². The third-order valence-corrected chi connectivity index (χ3v) is 14.2. The zero-order chi connectivity index (χ0) is 43.1. The topological polar surface area (TPSA) is 9.86 Å². The minimum Gasteiger partial charge on any atom is -0.310 e. The second-order valence-electron chi connectivity index (χ2n) is 17.5. The van der Waals surface area contributed by atoms with Crippen LogP contribution in [-0.4, -0.2) is 64.1 Å². The number of hydrogen-bond acceptors (Lipinski definition) is 0. The van der Waals surface area contributed by atoms with E-state index in [0.29, 0.717) is 0 Å². The van der Waals surface area contributed by atoms with Crippen molar-refractivity contribution in [2.24, 2.45) is 0 Å². The van der Waals surface area contributed by atoms with E-state index in [2.05, 4.69) is 240 Å². The summed E-state index contributed by atoms with van der Waals surface area (Å²) in [5.74, 6) is 0. The maximum atomic E-state index is 2.61. The number of nitrogens with zero attached hydrogens (tertiary/aromatic N) is 2. The van der Waals surface area contributed by atoms with E-state index < -0.39 is 0 Å². The summed E-state index contributed by atoms with van der Waals surface area (Å²) >= 11 is 0. The second-order valence-corrected chi connectivity index (χ2v) is 17.5. The molecule has 290 valence electrons. The third kappa shape index (κ3) is 6.04. The fraction of sp³-hybridized carbons (Fsp3) is 0. The first-order chi connectivity index (χ1) is 30.7. The monoisotopic (exact) mass is 796 g/mol. The highest BCUT2D eigenvalue weighted by Crippen LogP contribution is 2.41. The van der Waals surface area contributed by atoms with Gasteiger partial charge in [-0.05, 0) is 98.4 Å². The maximum absolute atomic E-state index is 2.61. The van der Waals surface area contributed by atoms with Crippen molar-refractivity contribution in [3.8, 4) is 55.9 Å². The summed E-state index contributed by atoms with van der Waals surface area (Å²) in [6.07, 6.45) is 0. The summed E-state index contributed by atoms with van der Waals surface area (Å²) < 4.78 is 5.05. The summed E-state index contributed by atoms with van der Waals surface area (Å²) in [7, 11) is 16.4. The number of fused-ring (bicyclic) bond motifs is 6. The molecule has 0 fully saturated rings. The van der Waals surface area contributed by atoms with Crippen molar-refractivity contribution in [3.05, 3.63) is 176 Å². The molecule has 0 aliphatic rings. The van der Waals surface area contributed by atoms with Crippen LogP contribution in [0.15, 0.2) is 176 Å². The molecule has 11 rings (SSSR count). The molecule has 0 amide bonds. The van der Waals surface area contributed by atoms with E-state index in [1.54, 1.807) is 0 Å². The predicted octanol–water partition coefficient (Wildman–Crippen LogP) is 2.36. The Morgan fingerprint density at radius 2 is 0.810 bits per heavy atom. The minimum atomic E-state index is 1.16. The quantitative estimate of drug-likeness (QED) is 0.229. The lowest BCUT2D eigenvalue weighted by atomic mass is 9.64. The van der Waals surface area contributed by atoms with Gasteiger partial charge in [0.05, 0.1) is 11.0 Å². The van der Waals surface area contributed by atoms with Gasteiger partial charge in [-0.15, -0.1) is 5.46 Å². The van der Waals surface area contributed by atoms with E-state index in [9.17, 15) is 0 Å². The highest BCUT2D eigenvalue weighted by Gasteiger charge is 2.26. The molecule has 0 aliphatic carbocycles. The normalized spacial score (nSPS) is 11.6. The Morgan fingerprint density at radius 1 is 0.286 bits per heavy atom. The SMILES string of the molecule is Bc1c(B)c(B)c2c(c1B)c1c(B)c(-c3ccc4c(c3)c3c(-c5ccccc5)cccc3n4-c3ccccc3)c(B)c(B)c1n2-c1cc(-c2ccccc2)cc(-c2ccccc2)c1. The molecule has 63 heavy (non-hydrogen) atoms. The summed E-state index contributed by atoms with van der Waals surface area (Å²) in [5, 5.41) is 5.23. The van der Waals surface area contributed by atoms with Gasteiger partial charge in [-0.1, -0.05) is 160 Å². The molecule has 0 saturated carbocycles. The maximum Gasteiger partial charge on any atom is 0.141 e. The van der Waals surface area contributed by atoms with Gasteiger partial charge in [0.2, 0.25) is 0 Å². The van der Waals surface area contributed by atoms with Gasteiger partial charge >= 0.3 is 0 Å². The van der Waals surface area contributed by atoms with E-state index in [0.717, 1.165) is 5.69 Å². The van der Waals surface area contributed by atoms with Gasteiger partial charge in [0.15, 0.2) is 0 Å². The molecule has 0 saturated heterocycles. The first-order valence-electron chi connectivity index (χ1n) is 22.2. The number of para-hydroxylation sites is 1. The second kappa shape index (κ2) is 15.1. The van der Waals surface area contributed by atoms with Gasteiger partial charge in [-0.3, -0.25) is 0 Å². The largest absolute Gasteiger partial charge is 0.310 e. The van der Waals surface area contributed by atoms with Crippen molar-refractivity contribution in [2.45, 2.75) is 0 Å². The lowest BCUT2D eigenvalue weighted by molar-refractivity contribution is 1.18. The van der Waals surface area contributed by atoms with Crippen molar-refractivity contribution in [2.75, 3.05) is 0 Å². The highest BCUT2D eigenvalue weighted by molar-refractivity contribution is 6.69. The lowest BCUT2D eigenvalue weighted by Crippen LogP contribution is -2.48. The number of rotatable bonds is 6. The number of benzene rings is 9. The van der Waals surface area contributed by atoms with Crippen LogP contribution in [0.25, 0.3) is 99.5 Å². The molecule has 9 heteroatoms. The molecule has 0 radical (unpaired) electrons. The summed E-state index contributed by atoms with van der Waals surface area (Å²) in [6.45, 7) is 0. The van der Waals surface area contributed by atoms with Crippen LogP contribution in [0, 0.1) is 0 Å². The average molecular weight is 796 g/mol. The van der Waals surface area contributed by atoms with Gasteiger partial charge < -0.3 is 9.13 Å². The molecule has 2 heterocycles. The van der Waals surface area contributed by atoms with Gasteiger partial charge in [0, 0.05) is 38.6 Å². The Hall–Kier alpha value is -6.97. The van der Waals surface area contributed by atoms with Gasteiger partial charge in [0.1, 0.15) is 54.9 Å². The Labute approximate surface area is 375 Å². The molecule has 0 spiro atoms. The summed E-state index contributed by atoms with van der Waals surface area (Å²) in [4.78, 5) is 0. The molecule has 2 nitrogen and oxygen atoms in total.